The van der Waals surface area contributed by atoms with Crippen LogP contribution in [-0.2, 0) is 0 Å². The average molecular weight is 376 g/mol. The minimum absolute atomic E-state index is 0.437. The van der Waals surface area contributed by atoms with E-state index in [9.17, 15) is 4.79 Å². The number of nitrogens with zero attached hydrogens (tertiary/aromatic N) is 4. The van der Waals surface area contributed by atoms with Gasteiger partial charge in [0.1, 0.15) is 5.69 Å². The summed E-state index contributed by atoms with van der Waals surface area (Å²) in [6.07, 6.45) is 5.69. The normalized spacial score (nSPS) is 10.4. The van der Waals surface area contributed by atoms with Crippen molar-refractivity contribution in [2.75, 3.05) is 0 Å². The van der Waals surface area contributed by atoms with Crippen LogP contribution in [0.1, 0.15) is 10.4 Å². The van der Waals surface area contributed by atoms with Gasteiger partial charge in [-0.1, -0.05) is 12.1 Å². The molecule has 0 spiro atoms. The maximum atomic E-state index is 11.2. The van der Waals surface area contributed by atoms with E-state index in [-0.39, 0.29) is 0 Å². The molecule has 0 atom stereocenters. The van der Waals surface area contributed by atoms with Gasteiger partial charge in [0.05, 0.1) is 5.56 Å². The van der Waals surface area contributed by atoms with E-state index >= 15 is 0 Å². The van der Waals surface area contributed by atoms with E-state index in [1.54, 1.807) is 24.7 Å². The zero-order chi connectivity index (χ0) is 13.9. The summed E-state index contributed by atoms with van der Waals surface area (Å²) in [4.78, 5) is 19.5. The number of halogens is 1. The third-order valence-corrected chi connectivity index (χ3v) is 3.46. The summed E-state index contributed by atoms with van der Waals surface area (Å²) in [7, 11) is 0. The van der Waals surface area contributed by atoms with Gasteiger partial charge >= 0.3 is 0 Å². The molecule has 2 heterocycles. The third kappa shape index (κ3) is 2.46. The predicted molar refractivity (Wildman–Crippen MR) is 82.7 cm³/mol. The van der Waals surface area contributed by atoms with E-state index in [0.29, 0.717) is 17.2 Å². The highest BCUT2D eigenvalue weighted by Crippen LogP contribution is 2.22. The van der Waals surface area contributed by atoms with Crippen molar-refractivity contribution in [3.05, 3.63) is 58.1 Å². The number of hydrogen-bond acceptors (Lipinski definition) is 4. The Hall–Kier alpha value is -2.09. The van der Waals surface area contributed by atoms with E-state index in [1.807, 2.05) is 24.3 Å². The first-order valence-corrected chi connectivity index (χ1v) is 6.94. The molecule has 0 aliphatic carbocycles. The number of aldehydes is 1. The van der Waals surface area contributed by atoms with Crippen molar-refractivity contribution < 1.29 is 4.79 Å². The van der Waals surface area contributed by atoms with Crippen LogP contribution in [0.5, 0.6) is 0 Å². The molecular formula is C14H9IN4O. The van der Waals surface area contributed by atoms with Gasteiger partial charge in [0, 0.05) is 27.7 Å². The maximum absolute atomic E-state index is 11.2. The van der Waals surface area contributed by atoms with E-state index in [0.717, 1.165) is 15.4 Å². The van der Waals surface area contributed by atoms with Gasteiger partial charge in [0.15, 0.2) is 6.29 Å². The largest absolute Gasteiger partial charge is 0.298 e. The van der Waals surface area contributed by atoms with Crippen molar-refractivity contribution in [2.24, 2.45) is 0 Å². The molecule has 0 saturated heterocycles. The van der Waals surface area contributed by atoms with Gasteiger partial charge < -0.3 is 0 Å². The zero-order valence-corrected chi connectivity index (χ0v) is 12.4. The highest BCUT2D eigenvalue weighted by atomic mass is 127. The Labute approximate surface area is 128 Å². The Morgan fingerprint density at radius 1 is 1.10 bits per heavy atom. The van der Waals surface area contributed by atoms with E-state index < -0.39 is 0 Å². The molecule has 0 N–H and O–H groups in total. The van der Waals surface area contributed by atoms with Gasteiger partial charge in [-0.05, 0) is 40.8 Å². The summed E-state index contributed by atoms with van der Waals surface area (Å²) in [6, 6.07) is 9.55. The van der Waals surface area contributed by atoms with Crippen LogP contribution in [0.3, 0.4) is 0 Å². The van der Waals surface area contributed by atoms with E-state index in [2.05, 4.69) is 37.7 Å². The molecule has 3 aromatic rings. The molecule has 2 aromatic heterocycles. The Morgan fingerprint density at radius 2 is 1.80 bits per heavy atom. The lowest BCUT2D eigenvalue weighted by molar-refractivity contribution is 0.112. The first kappa shape index (κ1) is 12.9. The molecule has 0 aliphatic rings. The van der Waals surface area contributed by atoms with Crippen LogP contribution in [-0.4, -0.2) is 26.0 Å². The number of carbonyl (C=O) groups excluding carboxylic acids is 1. The number of aromatic nitrogens is 4. The fraction of sp³-hybridized carbons (Fsp3) is 0. The second-order valence-corrected chi connectivity index (χ2v) is 5.30. The maximum Gasteiger partial charge on any atom is 0.250 e. The summed E-state index contributed by atoms with van der Waals surface area (Å²) >= 11 is 2.23. The molecule has 0 unspecified atom stereocenters. The van der Waals surface area contributed by atoms with Crippen molar-refractivity contribution in [1.29, 1.82) is 0 Å². The van der Waals surface area contributed by atoms with Gasteiger partial charge in [-0.25, -0.2) is 14.6 Å². The first-order chi connectivity index (χ1) is 9.78. The molecule has 1 aromatic carbocycles. The second kappa shape index (κ2) is 5.49. The van der Waals surface area contributed by atoms with Crippen LogP contribution in [0.4, 0.5) is 0 Å². The molecule has 3 rings (SSSR count). The lowest BCUT2D eigenvalue weighted by atomic mass is 10.1. The lowest BCUT2D eigenvalue weighted by Crippen LogP contribution is -2.00. The van der Waals surface area contributed by atoms with Crippen molar-refractivity contribution in [3.8, 4) is 17.2 Å². The monoisotopic (exact) mass is 376 g/mol. The van der Waals surface area contributed by atoms with Crippen LogP contribution in [0, 0.1) is 3.57 Å². The van der Waals surface area contributed by atoms with Crippen molar-refractivity contribution in [2.45, 2.75) is 0 Å². The fourth-order valence-corrected chi connectivity index (χ4v) is 2.18. The standard InChI is InChI=1S/C14H9IN4O/c15-12-4-2-10(3-5-12)13-11(9-20)8-19(18-13)14-16-6-1-7-17-14/h1-9H. The molecule has 6 heteroatoms. The number of benzene rings is 1. The highest BCUT2D eigenvalue weighted by molar-refractivity contribution is 14.1. The summed E-state index contributed by atoms with van der Waals surface area (Å²) < 4.78 is 2.64. The molecule has 0 amide bonds. The molecule has 20 heavy (non-hydrogen) atoms. The molecule has 0 saturated carbocycles. The van der Waals surface area contributed by atoms with Gasteiger partial charge in [0.25, 0.3) is 0 Å². The van der Waals surface area contributed by atoms with Gasteiger partial charge in [-0.3, -0.25) is 4.79 Å². The topological polar surface area (TPSA) is 60.7 Å². The first-order valence-electron chi connectivity index (χ1n) is 5.86. The quantitative estimate of drug-likeness (QED) is 0.521. The summed E-state index contributed by atoms with van der Waals surface area (Å²) in [6.45, 7) is 0. The van der Waals surface area contributed by atoms with Crippen LogP contribution >= 0.6 is 22.6 Å². The highest BCUT2D eigenvalue weighted by Gasteiger charge is 2.12. The molecule has 0 radical (unpaired) electrons. The fourth-order valence-electron chi connectivity index (χ4n) is 1.82. The lowest BCUT2D eigenvalue weighted by Gasteiger charge is -1.99. The zero-order valence-electron chi connectivity index (χ0n) is 10.3. The Morgan fingerprint density at radius 3 is 2.45 bits per heavy atom. The molecule has 0 bridgehead atoms. The van der Waals surface area contributed by atoms with Gasteiger partial charge in [-0.2, -0.15) is 5.10 Å². The minimum Gasteiger partial charge on any atom is -0.298 e. The van der Waals surface area contributed by atoms with Gasteiger partial charge in [-0.15, -0.1) is 0 Å². The summed E-state index contributed by atoms with van der Waals surface area (Å²) in [5.41, 5.74) is 2.03. The molecule has 0 aliphatic heterocycles. The van der Waals surface area contributed by atoms with Crippen molar-refractivity contribution in [1.82, 2.24) is 19.7 Å². The van der Waals surface area contributed by atoms with Crippen LogP contribution in [0.15, 0.2) is 48.9 Å². The summed E-state index contributed by atoms with van der Waals surface area (Å²) in [5.74, 6) is 0.437. The predicted octanol–water partition coefficient (Wildman–Crippen LogP) is 2.75. The summed E-state index contributed by atoms with van der Waals surface area (Å²) in [5, 5.41) is 4.41. The van der Waals surface area contributed by atoms with Crippen LogP contribution in [0.2, 0.25) is 0 Å². The van der Waals surface area contributed by atoms with E-state index in [1.165, 1.54) is 4.68 Å². The smallest absolute Gasteiger partial charge is 0.250 e. The Bertz CT molecular complexity index is 738. The average Bonchev–Trinajstić information content (AvgIpc) is 2.93. The van der Waals surface area contributed by atoms with Crippen LogP contribution in [0.25, 0.3) is 17.2 Å². The van der Waals surface area contributed by atoms with E-state index in [4.69, 9.17) is 0 Å². The van der Waals surface area contributed by atoms with Crippen LogP contribution < -0.4 is 0 Å². The Kier molecular flexibility index (Phi) is 3.55. The SMILES string of the molecule is O=Cc1cn(-c2ncccn2)nc1-c1ccc(I)cc1. The third-order valence-electron chi connectivity index (χ3n) is 2.74. The molecule has 0 fully saturated rings. The van der Waals surface area contributed by atoms with Crippen molar-refractivity contribution >= 4 is 28.9 Å². The minimum atomic E-state index is 0.437. The number of carbonyl (C=O) groups is 1. The second-order valence-electron chi connectivity index (χ2n) is 4.05. The van der Waals surface area contributed by atoms with Crippen molar-refractivity contribution in [3.63, 3.8) is 0 Å². The number of rotatable bonds is 3. The Balaban J connectivity index is 2.10. The molecule has 98 valence electrons. The van der Waals surface area contributed by atoms with Gasteiger partial charge in [0.2, 0.25) is 5.95 Å². The molecular weight excluding hydrogens is 367 g/mol. The molecule has 5 nitrogen and oxygen atoms in total. The number of hydrogen-bond donors (Lipinski definition) is 0.